The van der Waals surface area contributed by atoms with Crippen molar-refractivity contribution >= 4 is 11.7 Å². The van der Waals surface area contributed by atoms with Gasteiger partial charge < -0.3 is 9.80 Å². The van der Waals surface area contributed by atoms with E-state index in [4.69, 9.17) is 0 Å². The molecule has 136 valence electrons. The van der Waals surface area contributed by atoms with Gasteiger partial charge >= 0.3 is 0 Å². The lowest BCUT2D eigenvalue weighted by Crippen LogP contribution is -2.33. The number of nitrogens with zero attached hydrogens (tertiary/aromatic N) is 6. The van der Waals surface area contributed by atoms with E-state index in [1.54, 1.807) is 0 Å². The number of nitrogens with one attached hydrogen (secondary N) is 1. The normalized spacial score (nSPS) is 21.5. The molecule has 3 aromatic rings. The molecule has 0 aliphatic carbocycles. The summed E-state index contributed by atoms with van der Waals surface area (Å²) >= 11 is 0. The third-order valence-corrected chi connectivity index (χ3v) is 5.45. The first-order chi connectivity index (χ1) is 13.3. The Labute approximate surface area is 156 Å². The molecule has 2 unspecified atom stereocenters. The van der Waals surface area contributed by atoms with Crippen molar-refractivity contribution in [1.29, 1.82) is 0 Å². The van der Waals surface area contributed by atoms with Crippen LogP contribution >= 0.6 is 0 Å². The fourth-order valence-electron chi connectivity index (χ4n) is 4.07. The lowest BCUT2D eigenvalue weighted by Gasteiger charge is -2.21. The van der Waals surface area contributed by atoms with Crippen LogP contribution in [0.25, 0.3) is 11.3 Å². The van der Waals surface area contributed by atoms with Gasteiger partial charge in [-0.2, -0.15) is 15.4 Å². The zero-order valence-corrected chi connectivity index (χ0v) is 14.7. The fraction of sp³-hybridized carbons (Fsp3) is 0.316. The van der Waals surface area contributed by atoms with Gasteiger partial charge in [-0.1, -0.05) is 30.3 Å². The van der Waals surface area contributed by atoms with E-state index < -0.39 is 0 Å². The quantitative estimate of drug-likeness (QED) is 0.760. The van der Waals surface area contributed by atoms with Gasteiger partial charge in [0.15, 0.2) is 11.5 Å². The van der Waals surface area contributed by atoms with Crippen LogP contribution in [0.3, 0.4) is 0 Å². The van der Waals surface area contributed by atoms with E-state index in [1.165, 1.54) is 6.20 Å². The predicted molar refractivity (Wildman–Crippen MR) is 98.9 cm³/mol. The highest BCUT2D eigenvalue weighted by molar-refractivity contribution is 5.92. The summed E-state index contributed by atoms with van der Waals surface area (Å²) in [5, 5.41) is 18.9. The number of amides is 1. The van der Waals surface area contributed by atoms with Crippen molar-refractivity contribution in [3.05, 3.63) is 54.4 Å². The molecular weight excluding hydrogens is 342 g/mol. The number of hydrogen-bond donors (Lipinski definition) is 1. The molecule has 2 aromatic heterocycles. The molecular formula is C19H19N7O. The molecule has 0 spiro atoms. The Hall–Kier alpha value is -3.29. The number of rotatable bonds is 3. The van der Waals surface area contributed by atoms with Gasteiger partial charge in [-0.25, -0.2) is 0 Å². The van der Waals surface area contributed by atoms with Gasteiger partial charge in [0.05, 0.1) is 11.9 Å². The van der Waals surface area contributed by atoms with E-state index in [0.717, 1.165) is 43.3 Å². The van der Waals surface area contributed by atoms with Crippen molar-refractivity contribution in [3.8, 4) is 11.3 Å². The summed E-state index contributed by atoms with van der Waals surface area (Å²) in [4.78, 5) is 16.6. The van der Waals surface area contributed by atoms with Gasteiger partial charge in [0.25, 0.3) is 5.91 Å². The Morgan fingerprint density at radius 1 is 0.963 bits per heavy atom. The molecule has 1 N–H and O–H groups in total. The van der Waals surface area contributed by atoms with Crippen molar-refractivity contribution in [3.63, 3.8) is 0 Å². The molecule has 0 saturated carbocycles. The maximum absolute atomic E-state index is 12.4. The number of benzene rings is 1. The van der Waals surface area contributed by atoms with Crippen molar-refractivity contribution in [1.82, 2.24) is 30.5 Å². The zero-order valence-electron chi connectivity index (χ0n) is 14.7. The van der Waals surface area contributed by atoms with E-state index in [9.17, 15) is 4.79 Å². The molecule has 8 nitrogen and oxygen atoms in total. The van der Waals surface area contributed by atoms with Crippen LogP contribution in [0.2, 0.25) is 0 Å². The molecule has 0 radical (unpaired) electrons. The zero-order chi connectivity index (χ0) is 18.2. The minimum Gasteiger partial charge on any atom is -0.354 e. The first kappa shape index (κ1) is 15.9. The summed E-state index contributed by atoms with van der Waals surface area (Å²) in [5.41, 5.74) is 2.33. The summed E-state index contributed by atoms with van der Waals surface area (Å²) in [5.74, 6) is 1.77. The molecule has 0 bridgehead atoms. The third kappa shape index (κ3) is 2.92. The Bertz CT molecular complexity index is 912. The van der Waals surface area contributed by atoms with Gasteiger partial charge in [-0.3, -0.25) is 4.79 Å². The second-order valence-corrected chi connectivity index (χ2v) is 7.13. The lowest BCUT2D eigenvalue weighted by molar-refractivity contribution is 0.0776. The van der Waals surface area contributed by atoms with Crippen LogP contribution in [0.15, 0.2) is 48.7 Å². The van der Waals surface area contributed by atoms with Crippen LogP contribution in [0.1, 0.15) is 10.5 Å². The van der Waals surface area contributed by atoms with E-state index in [1.807, 2.05) is 47.4 Å². The maximum Gasteiger partial charge on any atom is 0.276 e. The van der Waals surface area contributed by atoms with Gasteiger partial charge in [0.2, 0.25) is 0 Å². The highest BCUT2D eigenvalue weighted by atomic mass is 16.2. The van der Waals surface area contributed by atoms with E-state index in [-0.39, 0.29) is 5.91 Å². The SMILES string of the molecule is O=C(c1cn[nH]n1)N1CC2CN(c3ccc(-c4ccccc4)nn3)CC2C1. The smallest absolute Gasteiger partial charge is 0.276 e. The van der Waals surface area contributed by atoms with Crippen LogP contribution in [0.4, 0.5) is 5.82 Å². The number of hydrogen-bond acceptors (Lipinski definition) is 6. The number of aromatic amines is 1. The van der Waals surface area contributed by atoms with Crippen molar-refractivity contribution in [2.24, 2.45) is 11.8 Å². The minimum atomic E-state index is -0.0447. The van der Waals surface area contributed by atoms with E-state index in [0.29, 0.717) is 17.5 Å². The van der Waals surface area contributed by atoms with Crippen LogP contribution in [0.5, 0.6) is 0 Å². The Balaban J connectivity index is 1.25. The van der Waals surface area contributed by atoms with Crippen LogP contribution in [-0.4, -0.2) is 62.6 Å². The molecule has 2 fully saturated rings. The summed E-state index contributed by atoms with van der Waals surface area (Å²) in [6.07, 6.45) is 1.48. The summed E-state index contributed by atoms with van der Waals surface area (Å²) in [6.45, 7) is 3.30. The monoisotopic (exact) mass is 361 g/mol. The number of carbonyl (C=O) groups is 1. The van der Waals surface area contributed by atoms with Gasteiger partial charge in [-0.15, -0.1) is 10.2 Å². The molecule has 8 heteroatoms. The molecule has 1 amide bonds. The molecule has 1 aromatic carbocycles. The number of carbonyl (C=O) groups excluding carboxylic acids is 1. The molecule has 2 aliphatic rings. The molecule has 2 aliphatic heterocycles. The van der Waals surface area contributed by atoms with Crippen molar-refractivity contribution < 1.29 is 4.79 Å². The highest BCUT2D eigenvalue weighted by Crippen LogP contribution is 2.33. The van der Waals surface area contributed by atoms with Crippen molar-refractivity contribution in [2.75, 3.05) is 31.1 Å². The van der Waals surface area contributed by atoms with Crippen LogP contribution in [0, 0.1) is 11.8 Å². The number of H-pyrrole nitrogens is 1. The fourth-order valence-corrected chi connectivity index (χ4v) is 4.07. The average Bonchev–Trinajstić information content (AvgIpc) is 3.44. The Morgan fingerprint density at radius 2 is 1.74 bits per heavy atom. The lowest BCUT2D eigenvalue weighted by atomic mass is 10.0. The van der Waals surface area contributed by atoms with Gasteiger partial charge in [0.1, 0.15) is 0 Å². The van der Waals surface area contributed by atoms with E-state index in [2.05, 4.69) is 30.5 Å². The largest absolute Gasteiger partial charge is 0.354 e. The number of likely N-dealkylation sites (tertiary alicyclic amines) is 1. The van der Waals surface area contributed by atoms with Crippen LogP contribution < -0.4 is 4.90 Å². The molecule has 4 heterocycles. The Morgan fingerprint density at radius 3 is 2.37 bits per heavy atom. The minimum absolute atomic E-state index is 0.0447. The first-order valence-electron chi connectivity index (χ1n) is 9.07. The highest BCUT2D eigenvalue weighted by Gasteiger charge is 2.42. The molecule has 27 heavy (non-hydrogen) atoms. The predicted octanol–water partition coefficient (Wildman–Crippen LogP) is 1.47. The standard InChI is InChI=1S/C19H19N7O/c27-19(17-8-20-24-22-17)26-11-14-9-25(10-15(14)12-26)18-7-6-16(21-23-18)13-4-2-1-3-5-13/h1-8,14-15H,9-12H2,(H,20,22,24). The molecule has 5 rings (SSSR count). The summed E-state index contributed by atoms with van der Waals surface area (Å²) in [7, 11) is 0. The first-order valence-corrected chi connectivity index (χ1v) is 9.07. The Kier molecular flexibility index (Phi) is 3.81. The van der Waals surface area contributed by atoms with Gasteiger partial charge in [-0.05, 0) is 12.1 Å². The second kappa shape index (κ2) is 6.46. The molecule has 2 atom stereocenters. The van der Waals surface area contributed by atoms with Gasteiger partial charge in [0, 0.05) is 43.6 Å². The summed E-state index contributed by atoms with van der Waals surface area (Å²) < 4.78 is 0. The third-order valence-electron chi connectivity index (χ3n) is 5.45. The van der Waals surface area contributed by atoms with E-state index >= 15 is 0 Å². The van der Waals surface area contributed by atoms with Crippen molar-refractivity contribution in [2.45, 2.75) is 0 Å². The average molecular weight is 361 g/mol. The second-order valence-electron chi connectivity index (χ2n) is 7.13. The number of anilines is 1. The topological polar surface area (TPSA) is 90.9 Å². The number of fused-ring (bicyclic) bond motifs is 1. The maximum atomic E-state index is 12.4. The number of aromatic nitrogens is 5. The summed E-state index contributed by atoms with van der Waals surface area (Å²) in [6, 6.07) is 14.1. The molecule has 2 saturated heterocycles. The van der Waals surface area contributed by atoms with Crippen LogP contribution in [-0.2, 0) is 0 Å².